The molecule has 2 N–H and O–H groups in total. The first-order chi connectivity index (χ1) is 10.2. The van der Waals surface area contributed by atoms with E-state index in [1.54, 1.807) is 22.7 Å². The van der Waals surface area contributed by atoms with Gasteiger partial charge in [-0.3, -0.25) is 0 Å². The van der Waals surface area contributed by atoms with E-state index < -0.39 is 0 Å². The summed E-state index contributed by atoms with van der Waals surface area (Å²) in [5.41, 5.74) is 6.79. The molecular weight excluding hydrogens is 304 g/mol. The summed E-state index contributed by atoms with van der Waals surface area (Å²) in [5, 5.41) is 9.16. The molecule has 4 rings (SSSR count). The smallest absolute Gasteiger partial charge is 0.232 e. The van der Waals surface area contributed by atoms with Gasteiger partial charge < -0.3 is 10.3 Å². The Morgan fingerprint density at radius 2 is 2.19 bits per heavy atom. The van der Waals surface area contributed by atoms with Gasteiger partial charge in [0.2, 0.25) is 5.89 Å². The van der Waals surface area contributed by atoms with Crippen LogP contribution in [0.4, 0.5) is 0 Å². The Balaban J connectivity index is 1.51. The Morgan fingerprint density at radius 3 is 2.90 bits per heavy atom. The molecule has 0 amide bonds. The summed E-state index contributed by atoms with van der Waals surface area (Å²) in [6, 6.07) is 4.11. The number of thiazole rings is 1. The molecule has 108 valence electrons. The van der Waals surface area contributed by atoms with Crippen LogP contribution in [0.3, 0.4) is 0 Å². The monoisotopic (exact) mass is 318 g/mol. The lowest BCUT2D eigenvalue weighted by atomic mass is 9.77. The van der Waals surface area contributed by atoms with E-state index in [2.05, 4.69) is 26.6 Å². The van der Waals surface area contributed by atoms with Crippen LogP contribution in [0.2, 0.25) is 0 Å². The molecule has 0 saturated heterocycles. The third-order valence-electron chi connectivity index (χ3n) is 3.78. The predicted octanol–water partition coefficient (Wildman–Crippen LogP) is 3.18. The molecular formula is C14H14N4OS2. The quantitative estimate of drug-likeness (QED) is 0.799. The minimum atomic E-state index is -0.369. The molecule has 1 aliphatic rings. The van der Waals surface area contributed by atoms with Crippen LogP contribution >= 0.6 is 22.7 Å². The molecule has 1 saturated carbocycles. The summed E-state index contributed by atoms with van der Waals surface area (Å²) < 4.78 is 5.32. The highest BCUT2D eigenvalue weighted by Crippen LogP contribution is 2.37. The summed E-state index contributed by atoms with van der Waals surface area (Å²) in [4.78, 5) is 10.2. The average molecular weight is 318 g/mol. The summed E-state index contributed by atoms with van der Waals surface area (Å²) >= 11 is 3.33. The molecule has 0 radical (unpaired) electrons. The van der Waals surface area contributed by atoms with Crippen molar-refractivity contribution in [2.75, 3.05) is 0 Å². The van der Waals surface area contributed by atoms with Gasteiger partial charge in [-0.15, -0.1) is 22.7 Å². The Kier molecular flexibility index (Phi) is 3.13. The molecule has 7 heteroatoms. The van der Waals surface area contributed by atoms with Gasteiger partial charge in [-0.1, -0.05) is 11.2 Å². The lowest BCUT2D eigenvalue weighted by Gasteiger charge is -2.34. The molecule has 3 aromatic heterocycles. The van der Waals surface area contributed by atoms with E-state index in [0.717, 1.165) is 30.0 Å². The SMILES string of the molecule is NC1(c2noc(Cc3csc(-c4cccs4)n3)n2)CCC1. The van der Waals surface area contributed by atoms with Crippen molar-refractivity contribution in [2.45, 2.75) is 31.2 Å². The van der Waals surface area contributed by atoms with Crippen molar-refractivity contribution in [2.24, 2.45) is 5.73 Å². The zero-order chi connectivity index (χ0) is 14.3. The van der Waals surface area contributed by atoms with E-state index in [4.69, 9.17) is 10.3 Å². The largest absolute Gasteiger partial charge is 0.339 e. The molecule has 3 aromatic rings. The fourth-order valence-corrected chi connectivity index (χ4v) is 4.00. The first kappa shape index (κ1) is 13.1. The summed E-state index contributed by atoms with van der Waals surface area (Å²) in [5.74, 6) is 1.22. The van der Waals surface area contributed by atoms with Crippen LogP contribution in [-0.2, 0) is 12.0 Å². The summed E-state index contributed by atoms with van der Waals surface area (Å²) in [7, 11) is 0. The van der Waals surface area contributed by atoms with Crippen LogP contribution in [0.15, 0.2) is 27.4 Å². The molecule has 0 aliphatic heterocycles. The van der Waals surface area contributed by atoms with Crippen molar-refractivity contribution < 1.29 is 4.52 Å². The minimum absolute atomic E-state index is 0.369. The van der Waals surface area contributed by atoms with Gasteiger partial charge in [0.1, 0.15) is 5.01 Å². The van der Waals surface area contributed by atoms with Crippen LogP contribution < -0.4 is 5.73 Å². The molecule has 0 aromatic carbocycles. The van der Waals surface area contributed by atoms with E-state index in [-0.39, 0.29) is 5.54 Å². The van der Waals surface area contributed by atoms with E-state index in [9.17, 15) is 0 Å². The number of hydrogen-bond acceptors (Lipinski definition) is 7. The predicted molar refractivity (Wildman–Crippen MR) is 82.2 cm³/mol. The maximum Gasteiger partial charge on any atom is 0.232 e. The summed E-state index contributed by atoms with van der Waals surface area (Å²) in [6.07, 6.45) is 3.57. The maximum atomic E-state index is 6.20. The lowest BCUT2D eigenvalue weighted by molar-refractivity contribution is 0.229. The fourth-order valence-electron chi connectivity index (χ4n) is 2.37. The Bertz CT molecular complexity index is 743. The van der Waals surface area contributed by atoms with E-state index >= 15 is 0 Å². The molecule has 0 bridgehead atoms. The Morgan fingerprint density at radius 1 is 1.29 bits per heavy atom. The molecule has 1 aliphatic carbocycles. The molecule has 1 fully saturated rings. The summed E-state index contributed by atoms with van der Waals surface area (Å²) in [6.45, 7) is 0. The number of nitrogens with two attached hydrogens (primary N) is 1. The Hall–Kier alpha value is -1.57. The number of aromatic nitrogens is 3. The first-order valence-electron chi connectivity index (χ1n) is 6.83. The van der Waals surface area contributed by atoms with Gasteiger partial charge in [0.15, 0.2) is 5.82 Å². The molecule has 5 nitrogen and oxygen atoms in total. The van der Waals surface area contributed by atoms with Crippen molar-refractivity contribution in [1.82, 2.24) is 15.1 Å². The number of rotatable bonds is 4. The van der Waals surface area contributed by atoms with Gasteiger partial charge in [0.05, 0.1) is 22.5 Å². The minimum Gasteiger partial charge on any atom is -0.339 e. The van der Waals surface area contributed by atoms with Gasteiger partial charge in [0, 0.05) is 5.38 Å². The van der Waals surface area contributed by atoms with E-state index in [1.807, 2.05) is 11.4 Å². The highest BCUT2D eigenvalue weighted by Gasteiger charge is 2.38. The van der Waals surface area contributed by atoms with Gasteiger partial charge in [-0.05, 0) is 30.7 Å². The van der Waals surface area contributed by atoms with Gasteiger partial charge >= 0.3 is 0 Å². The van der Waals surface area contributed by atoms with Gasteiger partial charge in [-0.2, -0.15) is 4.98 Å². The topological polar surface area (TPSA) is 77.8 Å². The van der Waals surface area contributed by atoms with Crippen LogP contribution in [0.1, 0.15) is 36.7 Å². The fraction of sp³-hybridized carbons (Fsp3) is 0.357. The number of nitrogens with zero attached hydrogens (tertiary/aromatic N) is 3. The van der Waals surface area contributed by atoms with Gasteiger partial charge in [-0.25, -0.2) is 4.98 Å². The van der Waals surface area contributed by atoms with Crippen LogP contribution in [0.25, 0.3) is 9.88 Å². The number of hydrogen-bond donors (Lipinski definition) is 1. The van der Waals surface area contributed by atoms with Crippen molar-refractivity contribution in [3.05, 3.63) is 40.3 Å². The molecule has 21 heavy (non-hydrogen) atoms. The molecule has 0 atom stereocenters. The first-order valence-corrected chi connectivity index (χ1v) is 8.59. The molecule has 0 spiro atoms. The van der Waals surface area contributed by atoms with Crippen LogP contribution in [-0.4, -0.2) is 15.1 Å². The third kappa shape index (κ3) is 2.41. The molecule has 3 heterocycles. The van der Waals surface area contributed by atoms with Crippen LogP contribution in [0.5, 0.6) is 0 Å². The van der Waals surface area contributed by atoms with Crippen LogP contribution in [0, 0.1) is 0 Å². The van der Waals surface area contributed by atoms with Crippen molar-refractivity contribution in [1.29, 1.82) is 0 Å². The second-order valence-electron chi connectivity index (χ2n) is 5.32. The highest BCUT2D eigenvalue weighted by atomic mass is 32.1. The van der Waals surface area contributed by atoms with Crippen molar-refractivity contribution in [3.8, 4) is 9.88 Å². The zero-order valence-electron chi connectivity index (χ0n) is 11.3. The average Bonchev–Trinajstić information content (AvgIpc) is 3.17. The highest BCUT2D eigenvalue weighted by molar-refractivity contribution is 7.20. The maximum absolute atomic E-state index is 6.20. The van der Waals surface area contributed by atoms with Crippen molar-refractivity contribution >= 4 is 22.7 Å². The Labute approximate surface area is 129 Å². The third-order valence-corrected chi connectivity index (χ3v) is 5.71. The van der Waals surface area contributed by atoms with E-state index in [1.165, 1.54) is 4.88 Å². The second-order valence-corrected chi connectivity index (χ2v) is 7.13. The number of thiophene rings is 1. The standard InChI is InChI=1S/C14H14N4OS2/c15-14(4-2-5-14)13-17-11(19-18-13)7-9-8-21-12(16-9)10-3-1-6-20-10/h1,3,6,8H,2,4-5,7,15H2. The van der Waals surface area contributed by atoms with Gasteiger partial charge in [0.25, 0.3) is 0 Å². The molecule has 0 unspecified atom stereocenters. The zero-order valence-corrected chi connectivity index (χ0v) is 12.9. The second kappa shape index (κ2) is 5.01. The lowest BCUT2D eigenvalue weighted by Crippen LogP contribution is -2.44. The normalized spacial score (nSPS) is 16.8. The van der Waals surface area contributed by atoms with E-state index in [0.29, 0.717) is 18.1 Å². The van der Waals surface area contributed by atoms with Crippen molar-refractivity contribution in [3.63, 3.8) is 0 Å².